The normalized spacial score (nSPS) is 18.1. The summed E-state index contributed by atoms with van der Waals surface area (Å²) in [4.78, 5) is 32.4. The van der Waals surface area contributed by atoms with Crippen LogP contribution < -0.4 is 0 Å². The number of H-pyrrole nitrogens is 1. The molecule has 2 fully saturated rings. The molecule has 0 spiro atoms. The summed E-state index contributed by atoms with van der Waals surface area (Å²) >= 11 is 0. The van der Waals surface area contributed by atoms with Gasteiger partial charge in [-0.15, -0.1) is 0 Å². The Morgan fingerprint density at radius 2 is 1.52 bits per heavy atom. The topological polar surface area (TPSA) is 56.4 Å². The monoisotopic (exact) mass is 387 g/mol. The average molecular weight is 387 g/mol. The number of piperazine rings is 1. The lowest BCUT2D eigenvalue weighted by molar-refractivity contribution is -0.137. The van der Waals surface area contributed by atoms with E-state index in [2.05, 4.69) is 29.2 Å². The second-order valence-electron chi connectivity index (χ2n) is 8.50. The Bertz CT molecular complexity index is 1070. The first-order valence-electron chi connectivity index (χ1n) is 10.3. The van der Waals surface area contributed by atoms with Gasteiger partial charge in [0, 0.05) is 48.9 Å². The highest BCUT2D eigenvalue weighted by molar-refractivity contribution is 5.95. The van der Waals surface area contributed by atoms with E-state index in [1.54, 1.807) is 0 Å². The van der Waals surface area contributed by atoms with E-state index in [-0.39, 0.29) is 17.2 Å². The van der Waals surface area contributed by atoms with Crippen LogP contribution in [0.2, 0.25) is 0 Å². The molecule has 5 nitrogen and oxygen atoms in total. The second kappa shape index (κ2) is 6.76. The fraction of sp³-hybridized carbons (Fsp3) is 0.333. The lowest BCUT2D eigenvalue weighted by atomic mass is 10.0. The third-order valence-electron chi connectivity index (χ3n) is 6.39. The fourth-order valence-corrected chi connectivity index (χ4v) is 4.11. The number of hydrogen-bond donors (Lipinski definition) is 1. The minimum Gasteiger partial charge on any atom is -0.361 e. The maximum Gasteiger partial charge on any atom is 0.253 e. The van der Waals surface area contributed by atoms with E-state index >= 15 is 0 Å². The zero-order valence-electron chi connectivity index (χ0n) is 16.6. The number of benzene rings is 2. The molecule has 5 heteroatoms. The fourth-order valence-electron chi connectivity index (χ4n) is 4.11. The summed E-state index contributed by atoms with van der Waals surface area (Å²) < 4.78 is 0. The molecule has 1 N–H and O–H groups in total. The van der Waals surface area contributed by atoms with Gasteiger partial charge in [-0.3, -0.25) is 9.59 Å². The van der Waals surface area contributed by atoms with Crippen molar-refractivity contribution in [3.63, 3.8) is 0 Å². The van der Waals surface area contributed by atoms with Gasteiger partial charge >= 0.3 is 0 Å². The summed E-state index contributed by atoms with van der Waals surface area (Å²) in [5.74, 6) is 0.300. The molecule has 0 radical (unpaired) electrons. The van der Waals surface area contributed by atoms with Crippen LogP contribution >= 0.6 is 0 Å². The maximum atomic E-state index is 12.9. The van der Waals surface area contributed by atoms with Crippen LogP contribution in [-0.4, -0.2) is 52.8 Å². The predicted molar refractivity (Wildman–Crippen MR) is 114 cm³/mol. The number of fused-ring (bicyclic) bond motifs is 1. The summed E-state index contributed by atoms with van der Waals surface area (Å²) in [7, 11) is 0. The van der Waals surface area contributed by atoms with Gasteiger partial charge in [-0.05, 0) is 53.6 Å². The van der Waals surface area contributed by atoms with E-state index < -0.39 is 0 Å². The van der Waals surface area contributed by atoms with Gasteiger partial charge in [-0.2, -0.15) is 0 Å². The first kappa shape index (κ1) is 18.0. The minimum absolute atomic E-state index is 0.0427. The SMILES string of the molecule is CC1(C(=O)N2CCN(C(=O)c3ccc(-c4ccc5cc[nH]c5c4)cc3)CC2)CC1. The van der Waals surface area contributed by atoms with Gasteiger partial charge in [0.1, 0.15) is 0 Å². The maximum absolute atomic E-state index is 12.9. The van der Waals surface area contributed by atoms with Crippen molar-refractivity contribution in [1.82, 2.24) is 14.8 Å². The van der Waals surface area contributed by atoms with Crippen molar-refractivity contribution in [1.29, 1.82) is 0 Å². The zero-order chi connectivity index (χ0) is 20.0. The van der Waals surface area contributed by atoms with E-state index in [0.717, 1.165) is 29.5 Å². The Balaban J connectivity index is 1.25. The van der Waals surface area contributed by atoms with Gasteiger partial charge < -0.3 is 14.8 Å². The van der Waals surface area contributed by atoms with Crippen LogP contribution in [0.25, 0.3) is 22.0 Å². The molecule has 2 heterocycles. The molecule has 2 aliphatic rings. The summed E-state index contributed by atoms with van der Waals surface area (Å²) in [6, 6.07) is 16.2. The third-order valence-corrected chi connectivity index (χ3v) is 6.39. The lowest BCUT2D eigenvalue weighted by Gasteiger charge is -2.36. The minimum atomic E-state index is -0.134. The summed E-state index contributed by atoms with van der Waals surface area (Å²) in [5, 5.41) is 1.19. The van der Waals surface area contributed by atoms with Gasteiger partial charge in [-0.25, -0.2) is 0 Å². The predicted octanol–water partition coefficient (Wildman–Crippen LogP) is 3.92. The van der Waals surface area contributed by atoms with Gasteiger partial charge in [0.2, 0.25) is 5.91 Å². The summed E-state index contributed by atoms with van der Waals surface area (Å²) in [5.41, 5.74) is 3.88. The molecule has 148 valence electrons. The highest BCUT2D eigenvalue weighted by Gasteiger charge is 2.47. The molecule has 0 bridgehead atoms. The lowest BCUT2D eigenvalue weighted by Crippen LogP contribution is -2.52. The molecule has 2 amide bonds. The van der Waals surface area contributed by atoms with Crippen LogP contribution in [0.5, 0.6) is 0 Å². The van der Waals surface area contributed by atoms with Crippen molar-refractivity contribution >= 4 is 22.7 Å². The molecule has 0 unspecified atom stereocenters. The zero-order valence-corrected chi connectivity index (χ0v) is 16.6. The number of hydrogen-bond acceptors (Lipinski definition) is 2. The number of rotatable bonds is 3. The highest BCUT2D eigenvalue weighted by atomic mass is 16.2. The number of nitrogens with one attached hydrogen (secondary N) is 1. The number of nitrogens with zero attached hydrogens (tertiary/aromatic N) is 2. The molecule has 1 saturated carbocycles. The second-order valence-corrected chi connectivity index (χ2v) is 8.50. The van der Waals surface area contributed by atoms with Crippen LogP contribution in [0, 0.1) is 5.41 Å². The quantitative estimate of drug-likeness (QED) is 0.741. The van der Waals surface area contributed by atoms with Gasteiger partial charge in [0.15, 0.2) is 0 Å². The van der Waals surface area contributed by atoms with Gasteiger partial charge in [0.25, 0.3) is 5.91 Å². The Hall–Kier alpha value is -3.08. The number of aromatic amines is 1. The molecule has 1 aliphatic carbocycles. The van der Waals surface area contributed by atoms with Crippen molar-refractivity contribution in [3.8, 4) is 11.1 Å². The van der Waals surface area contributed by atoms with Crippen LogP contribution in [-0.2, 0) is 4.79 Å². The Morgan fingerprint density at radius 3 is 2.21 bits per heavy atom. The van der Waals surface area contributed by atoms with Crippen LogP contribution in [0.3, 0.4) is 0 Å². The van der Waals surface area contributed by atoms with Gasteiger partial charge in [0.05, 0.1) is 0 Å². The smallest absolute Gasteiger partial charge is 0.253 e. The van der Waals surface area contributed by atoms with Crippen molar-refractivity contribution < 1.29 is 9.59 Å². The van der Waals surface area contributed by atoms with Crippen LogP contribution in [0.15, 0.2) is 54.7 Å². The van der Waals surface area contributed by atoms with Crippen LogP contribution in [0.1, 0.15) is 30.1 Å². The highest BCUT2D eigenvalue weighted by Crippen LogP contribution is 2.46. The van der Waals surface area contributed by atoms with Crippen molar-refractivity contribution in [2.75, 3.05) is 26.2 Å². The molecule has 1 saturated heterocycles. The third kappa shape index (κ3) is 3.31. The van der Waals surface area contributed by atoms with E-state index in [4.69, 9.17) is 0 Å². The molecule has 5 rings (SSSR count). The van der Waals surface area contributed by atoms with E-state index in [9.17, 15) is 9.59 Å². The molecule has 3 aromatic rings. The summed E-state index contributed by atoms with van der Waals surface area (Å²) in [6.07, 6.45) is 3.93. The van der Waals surface area contributed by atoms with Gasteiger partial charge in [-0.1, -0.05) is 31.2 Å². The molecular formula is C24H25N3O2. The van der Waals surface area contributed by atoms with Crippen LogP contribution in [0.4, 0.5) is 0 Å². The van der Waals surface area contributed by atoms with Crippen molar-refractivity contribution in [3.05, 3.63) is 60.3 Å². The molecule has 0 atom stereocenters. The Kier molecular flexibility index (Phi) is 4.19. The Morgan fingerprint density at radius 1 is 0.862 bits per heavy atom. The Labute approximate surface area is 170 Å². The molecule has 29 heavy (non-hydrogen) atoms. The average Bonchev–Trinajstić information content (AvgIpc) is 3.34. The molecule has 1 aromatic heterocycles. The number of aromatic nitrogens is 1. The molecular weight excluding hydrogens is 362 g/mol. The molecule has 1 aliphatic heterocycles. The summed E-state index contributed by atoms with van der Waals surface area (Å²) in [6.45, 7) is 4.52. The number of carbonyl (C=O) groups is 2. The van der Waals surface area contributed by atoms with Crippen molar-refractivity contribution in [2.24, 2.45) is 5.41 Å². The first-order valence-corrected chi connectivity index (χ1v) is 10.3. The van der Waals surface area contributed by atoms with E-state index in [1.165, 1.54) is 5.39 Å². The van der Waals surface area contributed by atoms with Crippen molar-refractivity contribution in [2.45, 2.75) is 19.8 Å². The largest absolute Gasteiger partial charge is 0.361 e. The number of carbonyl (C=O) groups excluding carboxylic acids is 2. The number of amides is 2. The van der Waals surface area contributed by atoms with E-state index in [0.29, 0.717) is 31.7 Å². The van der Waals surface area contributed by atoms with E-state index in [1.807, 2.05) is 47.2 Å². The standard InChI is InChI=1S/C24H25N3O2/c1-24(9-10-24)23(29)27-14-12-26(13-15-27)22(28)19-5-2-17(3-6-19)20-7-4-18-8-11-25-21(18)16-20/h2-8,11,16,25H,9-10,12-15H2,1H3. The molecule has 2 aromatic carbocycles. The first-order chi connectivity index (χ1) is 14.0.